The van der Waals surface area contributed by atoms with Gasteiger partial charge in [0.15, 0.2) is 0 Å². The molecule has 2 N–H and O–H groups in total. The van der Waals surface area contributed by atoms with Gasteiger partial charge in [-0.3, -0.25) is 4.90 Å². The lowest BCUT2D eigenvalue weighted by atomic mass is 10.0. The first-order valence-corrected chi connectivity index (χ1v) is 5.36. The Hall–Kier alpha value is -0.800. The van der Waals surface area contributed by atoms with Crippen LogP contribution < -0.4 is 0 Å². The first-order valence-electron chi connectivity index (χ1n) is 5.36. The van der Waals surface area contributed by atoms with Gasteiger partial charge in [-0.2, -0.15) is 0 Å². The van der Waals surface area contributed by atoms with E-state index < -0.39 is 0 Å². The predicted octanol–water partition coefficient (Wildman–Crippen LogP) is 1.36. The lowest BCUT2D eigenvalue weighted by molar-refractivity contribution is 0.0841. The summed E-state index contributed by atoms with van der Waals surface area (Å²) in [5.74, 6) is 0. The van der Waals surface area contributed by atoms with E-state index >= 15 is 0 Å². The van der Waals surface area contributed by atoms with Crippen molar-refractivity contribution in [3.8, 4) is 0 Å². The van der Waals surface area contributed by atoms with E-state index in [0.29, 0.717) is 12.6 Å². The average molecular weight is 194 g/mol. The molecule has 1 unspecified atom stereocenters. The molecule has 2 heterocycles. The normalized spacial score (nSPS) is 23.9. The van der Waals surface area contributed by atoms with Gasteiger partial charge >= 0.3 is 0 Å². The Morgan fingerprint density at radius 1 is 1.50 bits per heavy atom. The molecule has 14 heavy (non-hydrogen) atoms. The summed E-state index contributed by atoms with van der Waals surface area (Å²) in [6, 6.07) is 2.47. The van der Waals surface area contributed by atoms with Gasteiger partial charge in [-0.25, -0.2) is 0 Å². The molecule has 0 spiro atoms. The Morgan fingerprint density at radius 3 is 3.14 bits per heavy atom. The number of nitrogens with one attached hydrogen (secondary N) is 1. The van der Waals surface area contributed by atoms with Gasteiger partial charge in [0.2, 0.25) is 0 Å². The highest BCUT2D eigenvalue weighted by atomic mass is 16.3. The highest BCUT2D eigenvalue weighted by molar-refractivity contribution is 5.08. The van der Waals surface area contributed by atoms with Gasteiger partial charge in [-0.15, -0.1) is 0 Å². The van der Waals surface area contributed by atoms with Crippen LogP contribution in [0.4, 0.5) is 0 Å². The summed E-state index contributed by atoms with van der Waals surface area (Å²) >= 11 is 0. The first kappa shape index (κ1) is 9.74. The summed E-state index contributed by atoms with van der Waals surface area (Å²) in [4.78, 5) is 5.44. The van der Waals surface area contributed by atoms with Crippen molar-refractivity contribution in [2.24, 2.45) is 0 Å². The van der Waals surface area contributed by atoms with Gasteiger partial charge < -0.3 is 10.1 Å². The molecule has 1 aliphatic heterocycles. The largest absolute Gasteiger partial charge is 0.395 e. The fourth-order valence-electron chi connectivity index (χ4n) is 2.17. The zero-order chi connectivity index (χ0) is 9.80. The van der Waals surface area contributed by atoms with Crippen LogP contribution in [0.3, 0.4) is 0 Å². The number of hydrogen-bond donors (Lipinski definition) is 2. The zero-order valence-electron chi connectivity index (χ0n) is 8.45. The number of aromatic amines is 1. The molecule has 2 rings (SSSR count). The van der Waals surface area contributed by atoms with Gasteiger partial charge in [0.1, 0.15) is 0 Å². The smallest absolute Gasteiger partial charge is 0.0586 e. The molecule has 1 aromatic heterocycles. The Balaban J connectivity index is 1.94. The van der Waals surface area contributed by atoms with Crippen LogP contribution in [0.2, 0.25) is 0 Å². The summed E-state index contributed by atoms with van der Waals surface area (Å²) in [6.07, 6.45) is 7.65. The van der Waals surface area contributed by atoms with Crippen molar-refractivity contribution in [3.05, 3.63) is 24.0 Å². The molecule has 1 aromatic rings. The van der Waals surface area contributed by atoms with Crippen LogP contribution in [0.1, 0.15) is 24.8 Å². The number of hydrogen-bond acceptors (Lipinski definition) is 2. The van der Waals surface area contributed by atoms with Gasteiger partial charge in [0, 0.05) is 25.0 Å². The number of nitrogens with zero attached hydrogens (tertiary/aromatic N) is 1. The standard InChI is InChI=1S/C11H18N2O/c14-9-11-3-1-2-6-13(11)8-10-4-5-12-7-10/h4-5,7,11-12,14H,1-3,6,8-9H2. The minimum absolute atomic E-state index is 0.296. The minimum Gasteiger partial charge on any atom is -0.395 e. The second-order valence-electron chi connectivity index (χ2n) is 4.02. The van der Waals surface area contributed by atoms with Crippen LogP contribution in [0.25, 0.3) is 0 Å². The average Bonchev–Trinajstić information content (AvgIpc) is 2.71. The van der Waals surface area contributed by atoms with E-state index in [1.54, 1.807) is 0 Å². The molecule has 1 atom stereocenters. The fourth-order valence-corrected chi connectivity index (χ4v) is 2.17. The molecule has 0 amide bonds. The number of rotatable bonds is 3. The van der Waals surface area contributed by atoms with Crippen LogP contribution in [0, 0.1) is 0 Å². The van der Waals surface area contributed by atoms with E-state index in [2.05, 4.69) is 16.0 Å². The maximum Gasteiger partial charge on any atom is 0.0586 e. The molecule has 0 radical (unpaired) electrons. The Kier molecular flexibility index (Phi) is 3.22. The summed E-state index contributed by atoms with van der Waals surface area (Å²) in [7, 11) is 0. The molecule has 0 aliphatic carbocycles. The third-order valence-corrected chi connectivity index (χ3v) is 3.01. The zero-order valence-corrected chi connectivity index (χ0v) is 8.45. The topological polar surface area (TPSA) is 39.3 Å². The highest BCUT2D eigenvalue weighted by Gasteiger charge is 2.21. The van der Waals surface area contributed by atoms with Crippen LogP contribution >= 0.6 is 0 Å². The van der Waals surface area contributed by atoms with Crippen LogP contribution in [-0.4, -0.2) is 34.2 Å². The summed E-state index contributed by atoms with van der Waals surface area (Å²) in [5.41, 5.74) is 1.31. The quantitative estimate of drug-likeness (QED) is 0.762. The van der Waals surface area contributed by atoms with E-state index in [9.17, 15) is 5.11 Å². The number of piperidine rings is 1. The molecular weight excluding hydrogens is 176 g/mol. The van der Waals surface area contributed by atoms with Crippen molar-refractivity contribution in [1.29, 1.82) is 0 Å². The van der Waals surface area contributed by atoms with Crippen molar-refractivity contribution in [3.63, 3.8) is 0 Å². The third kappa shape index (κ3) is 2.16. The molecule has 3 heteroatoms. The molecule has 0 saturated carbocycles. The molecule has 0 aromatic carbocycles. The van der Waals surface area contributed by atoms with Crippen molar-refractivity contribution in [2.75, 3.05) is 13.2 Å². The summed E-state index contributed by atoms with van der Waals surface area (Å²) in [6.45, 7) is 2.38. The fraction of sp³-hybridized carbons (Fsp3) is 0.636. The van der Waals surface area contributed by atoms with Gasteiger partial charge in [-0.05, 0) is 31.0 Å². The SMILES string of the molecule is OCC1CCCCN1Cc1cc[nH]c1. The number of aliphatic hydroxyl groups excluding tert-OH is 1. The van der Waals surface area contributed by atoms with E-state index in [4.69, 9.17) is 0 Å². The molecule has 3 nitrogen and oxygen atoms in total. The lowest BCUT2D eigenvalue weighted by Crippen LogP contribution is -2.41. The van der Waals surface area contributed by atoms with Crippen molar-refractivity contribution >= 4 is 0 Å². The monoisotopic (exact) mass is 194 g/mol. The molecule has 1 aliphatic rings. The summed E-state index contributed by atoms with van der Waals surface area (Å²) in [5, 5.41) is 9.24. The van der Waals surface area contributed by atoms with Crippen molar-refractivity contribution < 1.29 is 5.11 Å². The second-order valence-corrected chi connectivity index (χ2v) is 4.02. The van der Waals surface area contributed by atoms with Gasteiger partial charge in [0.05, 0.1) is 6.61 Å². The molecule has 1 fully saturated rings. The lowest BCUT2D eigenvalue weighted by Gasteiger charge is -2.34. The number of H-pyrrole nitrogens is 1. The van der Waals surface area contributed by atoms with E-state index in [-0.39, 0.29) is 0 Å². The first-order chi connectivity index (χ1) is 6.90. The molecule has 78 valence electrons. The predicted molar refractivity (Wildman–Crippen MR) is 55.9 cm³/mol. The number of aromatic nitrogens is 1. The highest BCUT2D eigenvalue weighted by Crippen LogP contribution is 2.18. The van der Waals surface area contributed by atoms with Crippen LogP contribution in [0.5, 0.6) is 0 Å². The Morgan fingerprint density at radius 2 is 2.43 bits per heavy atom. The number of likely N-dealkylation sites (tertiary alicyclic amines) is 1. The van der Waals surface area contributed by atoms with Crippen LogP contribution in [-0.2, 0) is 6.54 Å². The summed E-state index contributed by atoms with van der Waals surface area (Å²) < 4.78 is 0. The second kappa shape index (κ2) is 4.62. The van der Waals surface area contributed by atoms with Gasteiger partial charge in [0.25, 0.3) is 0 Å². The molecule has 0 bridgehead atoms. The molecule has 1 saturated heterocycles. The minimum atomic E-state index is 0.296. The maximum absolute atomic E-state index is 9.24. The Bertz CT molecular complexity index is 258. The third-order valence-electron chi connectivity index (χ3n) is 3.01. The van der Waals surface area contributed by atoms with Crippen molar-refractivity contribution in [1.82, 2.24) is 9.88 Å². The van der Waals surface area contributed by atoms with E-state index in [1.807, 2.05) is 12.4 Å². The van der Waals surface area contributed by atoms with E-state index in [0.717, 1.165) is 19.5 Å². The van der Waals surface area contributed by atoms with Crippen molar-refractivity contribution in [2.45, 2.75) is 31.8 Å². The molecular formula is C11H18N2O. The number of aliphatic hydroxyl groups is 1. The van der Waals surface area contributed by atoms with Gasteiger partial charge in [-0.1, -0.05) is 6.42 Å². The van der Waals surface area contributed by atoms with Crippen LogP contribution in [0.15, 0.2) is 18.5 Å². The Labute approximate surface area is 84.7 Å². The van der Waals surface area contributed by atoms with E-state index in [1.165, 1.54) is 18.4 Å². The maximum atomic E-state index is 9.24.